The second-order valence-electron chi connectivity index (χ2n) is 7.70. The molecule has 1 aromatic heterocycles. The van der Waals surface area contributed by atoms with Gasteiger partial charge in [-0.15, -0.1) is 0 Å². The summed E-state index contributed by atoms with van der Waals surface area (Å²) in [5.74, 6) is 0.613. The van der Waals surface area contributed by atoms with Crippen molar-refractivity contribution in [2.24, 2.45) is 5.92 Å². The Bertz CT molecular complexity index is 992. The van der Waals surface area contributed by atoms with Crippen molar-refractivity contribution in [1.29, 1.82) is 0 Å². The minimum absolute atomic E-state index is 0.0140. The van der Waals surface area contributed by atoms with Gasteiger partial charge in [0, 0.05) is 19.0 Å². The van der Waals surface area contributed by atoms with Crippen molar-refractivity contribution < 1.29 is 18.7 Å². The minimum atomic E-state index is -0.245. The van der Waals surface area contributed by atoms with E-state index in [4.69, 9.17) is 9.15 Å². The van der Waals surface area contributed by atoms with Gasteiger partial charge in [-0.05, 0) is 42.2 Å². The van der Waals surface area contributed by atoms with E-state index in [9.17, 15) is 9.59 Å². The van der Waals surface area contributed by atoms with Crippen molar-refractivity contribution in [3.8, 4) is 5.75 Å². The van der Waals surface area contributed by atoms with Crippen LogP contribution in [0.25, 0.3) is 0 Å². The Balaban J connectivity index is 1.43. The molecule has 31 heavy (non-hydrogen) atoms. The minimum Gasteiger partial charge on any atom is -0.497 e. The summed E-state index contributed by atoms with van der Waals surface area (Å²) in [7, 11) is 1.63. The lowest BCUT2D eigenvalue weighted by atomic mass is 9.93. The van der Waals surface area contributed by atoms with E-state index in [0.717, 1.165) is 16.9 Å². The average Bonchev–Trinajstić information content (AvgIpc) is 3.38. The topological polar surface area (TPSA) is 71.8 Å². The fraction of sp³-hybridized carbons (Fsp3) is 0.280. The first-order chi connectivity index (χ1) is 15.2. The fourth-order valence-corrected chi connectivity index (χ4v) is 3.97. The smallest absolute Gasteiger partial charge is 0.257 e. The second-order valence-corrected chi connectivity index (χ2v) is 7.70. The van der Waals surface area contributed by atoms with Gasteiger partial charge < -0.3 is 19.4 Å². The van der Waals surface area contributed by atoms with Gasteiger partial charge in [0.15, 0.2) is 0 Å². The van der Waals surface area contributed by atoms with Crippen molar-refractivity contribution in [2.45, 2.75) is 18.9 Å². The van der Waals surface area contributed by atoms with Crippen LogP contribution in [0, 0.1) is 5.92 Å². The van der Waals surface area contributed by atoms with Crippen molar-refractivity contribution >= 4 is 11.8 Å². The first-order valence-electron chi connectivity index (χ1n) is 10.5. The number of piperidine rings is 1. The normalized spacial score (nSPS) is 15.3. The van der Waals surface area contributed by atoms with Gasteiger partial charge in [-0.3, -0.25) is 9.59 Å². The first-order valence-corrected chi connectivity index (χ1v) is 10.5. The first kappa shape index (κ1) is 20.7. The standard InChI is InChI=1S/C25H26N2O4/c1-30-22-9-7-19(8-10-22)23(18-5-3-2-4-6-18)26-24(28)20-11-14-27(15-12-20)25(29)21-13-16-31-17-21/h2-10,13,16-17,20,23H,11-12,14-15H2,1H3,(H,26,28)/t23-/m1/s1. The predicted molar refractivity (Wildman–Crippen MR) is 117 cm³/mol. The van der Waals surface area contributed by atoms with Crippen LogP contribution in [-0.4, -0.2) is 36.9 Å². The zero-order valence-electron chi connectivity index (χ0n) is 17.5. The van der Waals surface area contributed by atoms with Gasteiger partial charge in [-0.2, -0.15) is 0 Å². The van der Waals surface area contributed by atoms with Gasteiger partial charge in [-0.25, -0.2) is 0 Å². The molecule has 1 atom stereocenters. The lowest BCUT2D eigenvalue weighted by Gasteiger charge is -2.32. The Kier molecular flexibility index (Phi) is 6.36. The molecule has 1 N–H and O–H groups in total. The van der Waals surface area contributed by atoms with Gasteiger partial charge in [0.05, 0.1) is 25.0 Å². The van der Waals surface area contributed by atoms with Gasteiger partial charge in [0.1, 0.15) is 12.0 Å². The number of likely N-dealkylation sites (tertiary alicyclic amines) is 1. The van der Waals surface area contributed by atoms with Gasteiger partial charge in [0.2, 0.25) is 5.91 Å². The number of carbonyl (C=O) groups is 2. The van der Waals surface area contributed by atoms with Crippen LogP contribution in [0.2, 0.25) is 0 Å². The van der Waals surface area contributed by atoms with E-state index in [1.807, 2.05) is 54.6 Å². The predicted octanol–water partition coefficient (Wildman–Crippen LogP) is 4.05. The van der Waals surface area contributed by atoms with Crippen LogP contribution < -0.4 is 10.1 Å². The number of benzene rings is 2. The highest BCUT2D eigenvalue weighted by Crippen LogP contribution is 2.26. The number of methoxy groups -OCH3 is 1. The molecule has 0 unspecified atom stereocenters. The zero-order valence-corrected chi connectivity index (χ0v) is 17.5. The van der Waals surface area contributed by atoms with Gasteiger partial charge in [0.25, 0.3) is 5.91 Å². The molecule has 6 nitrogen and oxygen atoms in total. The highest BCUT2D eigenvalue weighted by Gasteiger charge is 2.29. The second kappa shape index (κ2) is 9.51. The quantitative estimate of drug-likeness (QED) is 0.656. The number of amides is 2. The number of nitrogens with one attached hydrogen (secondary N) is 1. The number of rotatable bonds is 6. The summed E-state index contributed by atoms with van der Waals surface area (Å²) in [6.07, 6.45) is 4.23. The van der Waals surface area contributed by atoms with Crippen LogP contribution in [0.1, 0.15) is 40.4 Å². The molecule has 0 radical (unpaired) electrons. The molecular formula is C25H26N2O4. The van der Waals surface area contributed by atoms with Crippen molar-refractivity contribution in [1.82, 2.24) is 10.2 Å². The Morgan fingerprint density at radius 3 is 2.29 bits per heavy atom. The number of furan rings is 1. The van der Waals surface area contributed by atoms with Crippen LogP contribution in [0.4, 0.5) is 0 Å². The van der Waals surface area contributed by atoms with Gasteiger partial charge in [-0.1, -0.05) is 42.5 Å². The van der Waals surface area contributed by atoms with E-state index in [-0.39, 0.29) is 23.8 Å². The summed E-state index contributed by atoms with van der Waals surface area (Å²) in [6.45, 7) is 1.11. The van der Waals surface area contributed by atoms with Crippen LogP contribution in [-0.2, 0) is 4.79 Å². The third-order valence-electron chi connectivity index (χ3n) is 5.79. The maximum absolute atomic E-state index is 13.1. The van der Waals surface area contributed by atoms with Crippen LogP contribution in [0.15, 0.2) is 77.6 Å². The highest BCUT2D eigenvalue weighted by atomic mass is 16.5. The number of hydrogen-bond donors (Lipinski definition) is 1. The molecule has 0 spiro atoms. The lowest BCUT2D eigenvalue weighted by Crippen LogP contribution is -2.43. The summed E-state index contributed by atoms with van der Waals surface area (Å²) < 4.78 is 10.3. The highest BCUT2D eigenvalue weighted by molar-refractivity contribution is 5.94. The molecule has 2 heterocycles. The summed E-state index contributed by atoms with van der Waals surface area (Å²) in [4.78, 5) is 27.4. The maximum atomic E-state index is 13.1. The lowest BCUT2D eigenvalue weighted by molar-refractivity contribution is -0.126. The Hall–Kier alpha value is -3.54. The monoisotopic (exact) mass is 418 g/mol. The third-order valence-corrected chi connectivity index (χ3v) is 5.79. The molecule has 0 aliphatic carbocycles. The molecule has 1 aliphatic heterocycles. The molecule has 4 rings (SSSR count). The molecule has 160 valence electrons. The fourth-order valence-electron chi connectivity index (χ4n) is 3.97. The number of ether oxygens (including phenoxy) is 1. The van der Waals surface area contributed by atoms with E-state index < -0.39 is 0 Å². The summed E-state index contributed by atoms with van der Waals surface area (Å²) >= 11 is 0. The van der Waals surface area contributed by atoms with Gasteiger partial charge >= 0.3 is 0 Å². The summed E-state index contributed by atoms with van der Waals surface area (Å²) in [6, 6.07) is 19.1. The van der Waals surface area contributed by atoms with Crippen LogP contribution >= 0.6 is 0 Å². The van der Waals surface area contributed by atoms with Crippen molar-refractivity contribution in [3.63, 3.8) is 0 Å². The zero-order chi connectivity index (χ0) is 21.6. The Morgan fingerprint density at radius 1 is 1.00 bits per heavy atom. The number of nitrogens with zero attached hydrogens (tertiary/aromatic N) is 1. The number of hydrogen-bond acceptors (Lipinski definition) is 4. The van der Waals surface area contributed by atoms with E-state index in [0.29, 0.717) is 31.5 Å². The molecule has 1 saturated heterocycles. The van der Waals surface area contributed by atoms with E-state index in [1.165, 1.54) is 12.5 Å². The van der Waals surface area contributed by atoms with E-state index in [1.54, 1.807) is 18.1 Å². The molecule has 2 aromatic carbocycles. The molecule has 0 bridgehead atoms. The molecule has 0 saturated carbocycles. The molecule has 3 aromatic rings. The van der Waals surface area contributed by atoms with E-state index in [2.05, 4.69) is 5.32 Å². The maximum Gasteiger partial charge on any atom is 0.257 e. The molecule has 1 aliphatic rings. The largest absolute Gasteiger partial charge is 0.497 e. The van der Waals surface area contributed by atoms with Crippen molar-refractivity contribution in [2.75, 3.05) is 20.2 Å². The molecule has 6 heteroatoms. The van der Waals surface area contributed by atoms with E-state index >= 15 is 0 Å². The molecule has 2 amide bonds. The Labute approximate surface area is 181 Å². The van der Waals surface area contributed by atoms with Crippen molar-refractivity contribution in [3.05, 3.63) is 89.9 Å². The SMILES string of the molecule is COc1ccc([C@H](NC(=O)C2CCN(C(=O)c3ccoc3)CC2)c2ccccc2)cc1. The average molecular weight is 418 g/mol. The molecule has 1 fully saturated rings. The molecular weight excluding hydrogens is 392 g/mol. The van der Waals surface area contributed by atoms with Crippen LogP contribution in [0.3, 0.4) is 0 Å². The summed E-state index contributed by atoms with van der Waals surface area (Å²) in [5, 5.41) is 3.23. The Morgan fingerprint density at radius 2 is 1.68 bits per heavy atom. The summed E-state index contributed by atoms with van der Waals surface area (Å²) in [5.41, 5.74) is 2.56. The third kappa shape index (κ3) is 4.79. The number of carbonyl (C=O) groups excluding carboxylic acids is 2. The van der Waals surface area contributed by atoms with Crippen LogP contribution in [0.5, 0.6) is 5.75 Å².